The molecule has 0 spiro atoms. The van der Waals surface area contributed by atoms with Crippen LogP contribution in [0, 0.1) is 0 Å². The molecule has 0 bridgehead atoms. The van der Waals surface area contributed by atoms with Crippen LogP contribution in [-0.4, -0.2) is 20.1 Å². The van der Waals surface area contributed by atoms with E-state index in [2.05, 4.69) is 0 Å². The highest BCUT2D eigenvalue weighted by atomic mass is 19.3. The lowest BCUT2D eigenvalue weighted by Gasteiger charge is -2.15. The number of hydrogen-bond donors (Lipinski definition) is 1. The van der Waals surface area contributed by atoms with Crippen molar-refractivity contribution in [2.75, 3.05) is 14.2 Å². The smallest absolute Gasteiger partial charge is 0.272 e. The van der Waals surface area contributed by atoms with E-state index < -0.39 is 11.5 Å². The van der Waals surface area contributed by atoms with Crippen LogP contribution < -0.4 is 15.2 Å². The van der Waals surface area contributed by atoms with E-state index in [0.29, 0.717) is 17.1 Å². The molecule has 0 aromatic heterocycles. The number of hydrogen-bond acceptors (Lipinski definition) is 3. The molecule has 1 atom stereocenters. The summed E-state index contributed by atoms with van der Waals surface area (Å²) in [5, 5.41) is 0. The highest BCUT2D eigenvalue weighted by molar-refractivity contribution is 5.49. The van der Waals surface area contributed by atoms with Crippen molar-refractivity contribution in [3.63, 3.8) is 0 Å². The predicted octanol–water partition coefficient (Wildman–Crippen LogP) is 1.90. The quantitative estimate of drug-likeness (QED) is 0.860. The fourth-order valence-corrected chi connectivity index (χ4v) is 1.77. The molecule has 2 rings (SSSR count). The zero-order valence-electron chi connectivity index (χ0n) is 9.09. The van der Waals surface area contributed by atoms with Crippen molar-refractivity contribution in [2.24, 2.45) is 5.73 Å². The van der Waals surface area contributed by atoms with Gasteiger partial charge in [-0.3, -0.25) is 0 Å². The van der Waals surface area contributed by atoms with Crippen LogP contribution in [0.1, 0.15) is 12.0 Å². The second kappa shape index (κ2) is 3.31. The summed E-state index contributed by atoms with van der Waals surface area (Å²) in [6.07, 6.45) is -0.345. The zero-order chi connectivity index (χ0) is 12.0. The Morgan fingerprint density at radius 2 is 1.88 bits per heavy atom. The van der Waals surface area contributed by atoms with Crippen LogP contribution >= 0.6 is 0 Å². The summed E-state index contributed by atoms with van der Waals surface area (Å²) in [7, 11) is 2.92. The van der Waals surface area contributed by atoms with Gasteiger partial charge in [0.25, 0.3) is 5.92 Å². The van der Waals surface area contributed by atoms with Crippen LogP contribution in [0.2, 0.25) is 0 Å². The first-order valence-electron chi connectivity index (χ1n) is 4.84. The Bertz CT molecular complexity index is 422. The van der Waals surface area contributed by atoms with Crippen molar-refractivity contribution in [2.45, 2.75) is 17.9 Å². The average molecular weight is 229 g/mol. The first-order valence-corrected chi connectivity index (χ1v) is 4.84. The molecule has 0 heterocycles. The second-order valence-corrected chi connectivity index (χ2v) is 3.92. The van der Waals surface area contributed by atoms with Gasteiger partial charge in [0.05, 0.1) is 14.2 Å². The molecule has 0 amide bonds. The average Bonchev–Trinajstić information content (AvgIpc) is 2.78. The van der Waals surface area contributed by atoms with Gasteiger partial charge >= 0.3 is 0 Å². The first kappa shape index (κ1) is 11.1. The predicted molar refractivity (Wildman–Crippen MR) is 55.0 cm³/mol. The minimum Gasteiger partial charge on any atom is -0.497 e. The van der Waals surface area contributed by atoms with Crippen LogP contribution in [0.15, 0.2) is 18.2 Å². The minimum absolute atomic E-state index is 0.320. The normalized spacial score (nSPS) is 26.3. The van der Waals surface area contributed by atoms with Gasteiger partial charge in [-0.1, -0.05) is 0 Å². The monoisotopic (exact) mass is 229 g/mol. The van der Waals surface area contributed by atoms with Crippen molar-refractivity contribution in [3.8, 4) is 11.5 Å². The van der Waals surface area contributed by atoms with E-state index in [1.54, 1.807) is 12.1 Å². The highest BCUT2D eigenvalue weighted by Gasteiger charge is 2.70. The Balaban J connectivity index is 2.43. The molecule has 1 fully saturated rings. The first-order chi connectivity index (χ1) is 7.44. The molecule has 1 aromatic carbocycles. The maximum absolute atomic E-state index is 13.2. The molecule has 0 radical (unpaired) electrons. The number of methoxy groups -OCH3 is 2. The summed E-state index contributed by atoms with van der Waals surface area (Å²) in [4.78, 5) is 0. The SMILES string of the molecule is COc1ccc(C2(N)CC2(F)F)c(OC)c1. The molecule has 0 saturated heterocycles. The fourth-order valence-electron chi connectivity index (χ4n) is 1.77. The van der Waals surface area contributed by atoms with Crippen molar-refractivity contribution >= 4 is 0 Å². The Morgan fingerprint density at radius 1 is 1.25 bits per heavy atom. The molecule has 1 aliphatic rings. The van der Waals surface area contributed by atoms with E-state index in [9.17, 15) is 8.78 Å². The van der Waals surface area contributed by atoms with Crippen molar-refractivity contribution < 1.29 is 18.3 Å². The summed E-state index contributed by atoms with van der Waals surface area (Å²) < 4.78 is 36.3. The Labute approximate surface area is 92.1 Å². The van der Waals surface area contributed by atoms with E-state index in [1.165, 1.54) is 20.3 Å². The van der Waals surface area contributed by atoms with Gasteiger partial charge < -0.3 is 15.2 Å². The lowest BCUT2D eigenvalue weighted by atomic mass is 10.0. The van der Waals surface area contributed by atoms with E-state index in [1.807, 2.05) is 0 Å². The molecular weight excluding hydrogens is 216 g/mol. The summed E-state index contributed by atoms with van der Waals surface area (Å²) >= 11 is 0. The lowest BCUT2D eigenvalue weighted by molar-refractivity contribution is 0.0884. The third-order valence-electron chi connectivity index (χ3n) is 2.92. The summed E-state index contributed by atoms with van der Waals surface area (Å²) in [5.41, 5.74) is 4.37. The number of nitrogens with two attached hydrogens (primary N) is 1. The topological polar surface area (TPSA) is 44.5 Å². The number of benzene rings is 1. The van der Waals surface area contributed by atoms with Crippen LogP contribution in [0.3, 0.4) is 0 Å². The molecular formula is C11H13F2NO2. The Morgan fingerprint density at radius 3 is 2.31 bits per heavy atom. The van der Waals surface area contributed by atoms with Gasteiger partial charge in [0, 0.05) is 18.1 Å². The highest BCUT2D eigenvalue weighted by Crippen LogP contribution is 2.59. The maximum Gasteiger partial charge on any atom is 0.272 e. The molecule has 16 heavy (non-hydrogen) atoms. The largest absolute Gasteiger partial charge is 0.497 e. The standard InChI is InChI=1S/C11H13F2NO2/c1-15-7-3-4-8(9(5-7)16-2)10(14)6-11(10,12)13/h3-5H,6,14H2,1-2H3. The second-order valence-electron chi connectivity index (χ2n) is 3.92. The molecule has 1 aliphatic carbocycles. The summed E-state index contributed by atoms with van der Waals surface area (Å²) in [6, 6.07) is 4.68. The molecule has 1 unspecified atom stereocenters. The van der Waals surface area contributed by atoms with Gasteiger partial charge in [-0.15, -0.1) is 0 Å². The fraction of sp³-hybridized carbons (Fsp3) is 0.455. The van der Waals surface area contributed by atoms with E-state index in [-0.39, 0.29) is 6.42 Å². The van der Waals surface area contributed by atoms with Crippen LogP contribution in [-0.2, 0) is 5.54 Å². The van der Waals surface area contributed by atoms with E-state index >= 15 is 0 Å². The van der Waals surface area contributed by atoms with Gasteiger partial charge in [-0.25, -0.2) is 8.78 Å². The third kappa shape index (κ3) is 1.43. The molecule has 1 aromatic rings. The molecule has 2 N–H and O–H groups in total. The van der Waals surface area contributed by atoms with Crippen molar-refractivity contribution in [3.05, 3.63) is 23.8 Å². The van der Waals surface area contributed by atoms with Gasteiger partial charge in [0.1, 0.15) is 17.0 Å². The van der Waals surface area contributed by atoms with Gasteiger partial charge in [0.2, 0.25) is 0 Å². The number of rotatable bonds is 3. The molecule has 0 aliphatic heterocycles. The van der Waals surface area contributed by atoms with E-state index in [4.69, 9.17) is 15.2 Å². The van der Waals surface area contributed by atoms with Crippen molar-refractivity contribution in [1.82, 2.24) is 0 Å². The van der Waals surface area contributed by atoms with Crippen LogP contribution in [0.25, 0.3) is 0 Å². The maximum atomic E-state index is 13.2. The number of ether oxygens (including phenoxy) is 2. The molecule has 1 saturated carbocycles. The summed E-state index contributed by atoms with van der Waals surface area (Å²) in [5.74, 6) is -1.97. The molecule has 5 heteroatoms. The summed E-state index contributed by atoms with van der Waals surface area (Å²) in [6.45, 7) is 0. The lowest BCUT2D eigenvalue weighted by Crippen LogP contribution is -2.27. The number of alkyl halides is 2. The molecule has 3 nitrogen and oxygen atoms in total. The van der Waals surface area contributed by atoms with Gasteiger partial charge in [-0.2, -0.15) is 0 Å². The molecule has 88 valence electrons. The zero-order valence-corrected chi connectivity index (χ0v) is 9.09. The van der Waals surface area contributed by atoms with Crippen LogP contribution in [0.4, 0.5) is 8.78 Å². The minimum atomic E-state index is -2.85. The Hall–Kier alpha value is -1.36. The van der Waals surface area contributed by atoms with Gasteiger partial charge in [-0.05, 0) is 12.1 Å². The third-order valence-corrected chi connectivity index (χ3v) is 2.92. The van der Waals surface area contributed by atoms with Gasteiger partial charge in [0.15, 0.2) is 0 Å². The van der Waals surface area contributed by atoms with E-state index in [0.717, 1.165) is 0 Å². The van der Waals surface area contributed by atoms with Crippen LogP contribution in [0.5, 0.6) is 11.5 Å². The Kier molecular flexibility index (Phi) is 2.31. The number of halogens is 2. The van der Waals surface area contributed by atoms with Crippen molar-refractivity contribution in [1.29, 1.82) is 0 Å².